The van der Waals surface area contributed by atoms with Crippen LogP contribution in [0.25, 0.3) is 0 Å². The van der Waals surface area contributed by atoms with E-state index < -0.39 is 7.12 Å². The van der Waals surface area contributed by atoms with Gasteiger partial charge in [-0.1, -0.05) is 17.7 Å². The third kappa shape index (κ3) is 2.81. The Bertz CT molecular complexity index is 512. The first-order valence-electron chi connectivity index (χ1n) is 5.24. The number of halogens is 1. The molecule has 18 heavy (non-hydrogen) atoms. The minimum Gasteiger partial charge on any atom is -0.423 e. The fourth-order valence-corrected chi connectivity index (χ4v) is 1.87. The van der Waals surface area contributed by atoms with E-state index in [1.165, 1.54) is 6.21 Å². The molecule has 0 aliphatic carbocycles. The summed E-state index contributed by atoms with van der Waals surface area (Å²) in [5.74, 6) is 0. The number of fused-ring (bicyclic) bond motifs is 1. The van der Waals surface area contributed by atoms with Gasteiger partial charge in [-0.05, 0) is 29.3 Å². The summed E-state index contributed by atoms with van der Waals surface area (Å²) in [4.78, 5) is 0. The molecule has 0 saturated heterocycles. The van der Waals surface area contributed by atoms with Crippen molar-refractivity contribution in [2.45, 2.75) is 6.61 Å². The summed E-state index contributed by atoms with van der Waals surface area (Å²) in [7, 11) is 0.803. The normalized spacial score (nSPS) is 13.8. The maximum Gasteiger partial charge on any atom is 0.491 e. The van der Waals surface area contributed by atoms with Crippen molar-refractivity contribution in [2.24, 2.45) is 5.10 Å². The maximum atomic E-state index is 9.59. The summed E-state index contributed by atoms with van der Waals surface area (Å²) in [6, 6.07) is 3.52. The van der Waals surface area contributed by atoms with Gasteiger partial charge < -0.3 is 15.0 Å². The smallest absolute Gasteiger partial charge is 0.423 e. The van der Waals surface area contributed by atoms with Crippen molar-refractivity contribution in [2.75, 3.05) is 7.05 Å². The Morgan fingerprint density at radius 3 is 3.17 bits per heavy atom. The van der Waals surface area contributed by atoms with Crippen LogP contribution >= 0.6 is 23.8 Å². The van der Waals surface area contributed by atoms with E-state index >= 15 is 0 Å². The molecule has 0 unspecified atom stereocenters. The van der Waals surface area contributed by atoms with Crippen molar-refractivity contribution < 1.29 is 9.68 Å². The van der Waals surface area contributed by atoms with Crippen molar-refractivity contribution in [3.05, 3.63) is 28.3 Å². The van der Waals surface area contributed by atoms with Gasteiger partial charge in [0.15, 0.2) is 5.11 Å². The predicted molar refractivity (Wildman–Crippen MR) is 76.2 cm³/mol. The highest BCUT2D eigenvalue weighted by atomic mass is 35.5. The van der Waals surface area contributed by atoms with Crippen LogP contribution < -0.4 is 16.2 Å². The van der Waals surface area contributed by atoms with E-state index in [-0.39, 0.29) is 0 Å². The average molecular weight is 284 g/mol. The van der Waals surface area contributed by atoms with Gasteiger partial charge in [-0.25, -0.2) is 0 Å². The van der Waals surface area contributed by atoms with E-state index in [0.29, 0.717) is 22.3 Å². The number of hydrazone groups is 1. The van der Waals surface area contributed by atoms with Crippen LogP contribution in [0.5, 0.6) is 0 Å². The van der Waals surface area contributed by atoms with Crippen LogP contribution in [0.1, 0.15) is 11.1 Å². The lowest BCUT2D eigenvalue weighted by atomic mass is 9.79. The van der Waals surface area contributed by atoms with Gasteiger partial charge in [-0.15, -0.1) is 0 Å². The van der Waals surface area contributed by atoms with Crippen LogP contribution in [0.15, 0.2) is 17.2 Å². The van der Waals surface area contributed by atoms with Crippen molar-refractivity contribution >= 4 is 47.7 Å². The molecule has 8 heteroatoms. The lowest BCUT2D eigenvalue weighted by Gasteiger charge is -2.04. The highest BCUT2D eigenvalue weighted by molar-refractivity contribution is 7.80. The number of rotatable bonds is 2. The second kappa shape index (κ2) is 5.66. The molecule has 5 nitrogen and oxygen atoms in total. The number of thiocarbonyl (C=S) groups is 1. The molecule has 2 rings (SSSR count). The zero-order valence-electron chi connectivity index (χ0n) is 9.61. The van der Waals surface area contributed by atoms with Gasteiger partial charge in [0.05, 0.1) is 12.8 Å². The summed E-state index contributed by atoms with van der Waals surface area (Å²) in [5.41, 5.74) is 4.92. The largest absolute Gasteiger partial charge is 0.491 e. The third-order valence-electron chi connectivity index (χ3n) is 2.52. The molecule has 0 atom stereocenters. The average Bonchev–Trinajstić information content (AvgIpc) is 2.70. The van der Waals surface area contributed by atoms with E-state index in [2.05, 4.69) is 15.8 Å². The Kier molecular flexibility index (Phi) is 4.18. The van der Waals surface area contributed by atoms with Crippen molar-refractivity contribution in [1.29, 1.82) is 0 Å². The standard InChI is InChI=1S/C10H11BClN3O2S/c1-13-10(18)15-14-4-6-2-8-7(3-9(6)12)5-17-11(8)16/h2-4,16H,5H2,1H3,(H2,13,15,18). The number of benzene rings is 1. The first kappa shape index (κ1) is 13.3. The fraction of sp³-hybridized carbons (Fsp3) is 0.200. The Labute approximate surface area is 115 Å². The molecule has 0 radical (unpaired) electrons. The summed E-state index contributed by atoms with van der Waals surface area (Å²) >= 11 is 11.0. The molecule has 0 spiro atoms. The molecule has 94 valence electrons. The summed E-state index contributed by atoms with van der Waals surface area (Å²) in [6.45, 7) is 0.371. The SMILES string of the molecule is CNC(=S)NN=Cc1cc2c(cc1Cl)COB2O. The Morgan fingerprint density at radius 2 is 2.44 bits per heavy atom. The first-order valence-corrected chi connectivity index (χ1v) is 6.03. The molecule has 1 heterocycles. The molecule has 0 aromatic heterocycles. The lowest BCUT2D eigenvalue weighted by molar-refractivity contribution is 0.275. The van der Waals surface area contributed by atoms with Gasteiger partial charge in [0.2, 0.25) is 0 Å². The number of hydrogen-bond donors (Lipinski definition) is 3. The first-order chi connectivity index (χ1) is 8.61. The van der Waals surface area contributed by atoms with Gasteiger partial charge in [0.25, 0.3) is 0 Å². The lowest BCUT2D eigenvalue weighted by Crippen LogP contribution is -2.29. The van der Waals surface area contributed by atoms with E-state index in [0.717, 1.165) is 11.0 Å². The zero-order chi connectivity index (χ0) is 13.1. The topological polar surface area (TPSA) is 65.9 Å². The highest BCUT2D eigenvalue weighted by Gasteiger charge is 2.28. The van der Waals surface area contributed by atoms with E-state index in [1.807, 2.05) is 0 Å². The van der Waals surface area contributed by atoms with Crippen molar-refractivity contribution in [3.8, 4) is 0 Å². The van der Waals surface area contributed by atoms with Crippen LogP contribution in [0, 0.1) is 0 Å². The van der Waals surface area contributed by atoms with E-state index in [1.54, 1.807) is 19.2 Å². The number of nitrogens with zero attached hydrogens (tertiary/aromatic N) is 1. The molecule has 0 saturated carbocycles. The molecule has 0 fully saturated rings. The minimum atomic E-state index is -0.893. The van der Waals surface area contributed by atoms with Crippen LogP contribution in [-0.4, -0.2) is 30.5 Å². The van der Waals surface area contributed by atoms with Gasteiger partial charge in [0.1, 0.15) is 0 Å². The summed E-state index contributed by atoms with van der Waals surface area (Å²) < 4.78 is 5.10. The van der Waals surface area contributed by atoms with Crippen molar-refractivity contribution in [3.63, 3.8) is 0 Å². The monoisotopic (exact) mass is 283 g/mol. The van der Waals surface area contributed by atoms with Gasteiger partial charge in [-0.2, -0.15) is 5.10 Å². The second-order valence-corrected chi connectivity index (χ2v) is 4.50. The molecular formula is C10H11BClN3O2S. The molecule has 3 N–H and O–H groups in total. The van der Waals surface area contributed by atoms with Crippen LogP contribution in [0.3, 0.4) is 0 Å². The Hall–Kier alpha value is -1.15. The maximum absolute atomic E-state index is 9.59. The minimum absolute atomic E-state index is 0.371. The van der Waals surface area contributed by atoms with Gasteiger partial charge in [0, 0.05) is 17.6 Å². The molecule has 1 aromatic rings. The molecule has 1 aromatic carbocycles. The summed E-state index contributed by atoms with van der Waals surface area (Å²) in [6.07, 6.45) is 1.54. The second-order valence-electron chi connectivity index (χ2n) is 3.69. The number of hydrogen-bond acceptors (Lipinski definition) is 4. The molecule has 0 bridgehead atoms. The third-order valence-corrected chi connectivity index (χ3v) is 3.14. The highest BCUT2D eigenvalue weighted by Crippen LogP contribution is 2.19. The van der Waals surface area contributed by atoms with Gasteiger partial charge in [-0.3, -0.25) is 5.43 Å². The van der Waals surface area contributed by atoms with E-state index in [9.17, 15) is 5.02 Å². The van der Waals surface area contributed by atoms with Crippen LogP contribution in [0.2, 0.25) is 5.02 Å². The molecule has 1 aliphatic heterocycles. The predicted octanol–water partition coefficient (Wildman–Crippen LogP) is -0.0145. The van der Waals surface area contributed by atoms with Crippen LogP contribution in [0.4, 0.5) is 0 Å². The molecule has 1 aliphatic rings. The van der Waals surface area contributed by atoms with Gasteiger partial charge >= 0.3 is 7.12 Å². The summed E-state index contributed by atoms with van der Waals surface area (Å²) in [5, 5.41) is 17.2. The zero-order valence-corrected chi connectivity index (χ0v) is 11.2. The fourth-order valence-electron chi connectivity index (χ4n) is 1.58. The van der Waals surface area contributed by atoms with Crippen molar-refractivity contribution in [1.82, 2.24) is 10.7 Å². The van der Waals surface area contributed by atoms with Crippen LogP contribution in [-0.2, 0) is 11.3 Å². The number of nitrogens with one attached hydrogen (secondary N) is 2. The molecule has 0 amide bonds. The Balaban J connectivity index is 2.19. The Morgan fingerprint density at radius 1 is 1.67 bits per heavy atom. The van der Waals surface area contributed by atoms with E-state index in [4.69, 9.17) is 28.5 Å². The quantitative estimate of drug-likeness (QED) is 0.308. The molecular weight excluding hydrogens is 272 g/mol.